The molecule has 0 aliphatic carbocycles. The highest BCUT2D eigenvalue weighted by Gasteiger charge is 2.13. The molecule has 0 aliphatic heterocycles. The number of ether oxygens (including phenoxy) is 1. The summed E-state index contributed by atoms with van der Waals surface area (Å²) in [7, 11) is 1.56. The molecule has 1 aromatic carbocycles. The van der Waals surface area contributed by atoms with Gasteiger partial charge in [-0.15, -0.1) is 0 Å². The van der Waals surface area contributed by atoms with Gasteiger partial charge < -0.3 is 4.74 Å². The smallest absolute Gasteiger partial charge is 0.257 e. The van der Waals surface area contributed by atoms with Gasteiger partial charge in [0.15, 0.2) is 5.82 Å². The third-order valence-electron chi connectivity index (χ3n) is 2.52. The molecule has 18 heavy (non-hydrogen) atoms. The van der Waals surface area contributed by atoms with E-state index in [0.717, 1.165) is 10.2 Å². The van der Waals surface area contributed by atoms with Gasteiger partial charge >= 0.3 is 0 Å². The van der Waals surface area contributed by atoms with Crippen molar-refractivity contribution in [1.82, 2.24) is 14.8 Å². The van der Waals surface area contributed by atoms with Gasteiger partial charge in [-0.1, -0.05) is 12.1 Å². The van der Waals surface area contributed by atoms with Crippen LogP contribution in [0.2, 0.25) is 0 Å². The van der Waals surface area contributed by atoms with Gasteiger partial charge in [0.05, 0.1) is 12.7 Å². The molecule has 0 bridgehead atoms. The Morgan fingerprint density at radius 3 is 2.83 bits per heavy atom. The quantitative estimate of drug-likeness (QED) is 0.840. The monoisotopic (exact) mass is 253 g/mol. The van der Waals surface area contributed by atoms with Crippen molar-refractivity contribution in [2.24, 2.45) is 0 Å². The Kier molecular flexibility index (Phi) is 3.55. The summed E-state index contributed by atoms with van der Waals surface area (Å²) in [6, 6.07) is 5.55. The third kappa shape index (κ3) is 2.47. The molecule has 4 nitrogen and oxygen atoms in total. The molecule has 2 aromatic rings. The molecule has 0 amide bonds. The van der Waals surface area contributed by atoms with Crippen LogP contribution in [0.15, 0.2) is 24.5 Å². The highest BCUT2D eigenvalue weighted by atomic mass is 19.3. The van der Waals surface area contributed by atoms with Crippen molar-refractivity contribution in [3.63, 3.8) is 0 Å². The van der Waals surface area contributed by atoms with Gasteiger partial charge in [-0.05, 0) is 18.6 Å². The Balaban J connectivity index is 2.37. The topological polar surface area (TPSA) is 39.9 Å². The fourth-order valence-electron chi connectivity index (χ4n) is 1.75. The second kappa shape index (κ2) is 5.12. The summed E-state index contributed by atoms with van der Waals surface area (Å²) in [6.07, 6.45) is -1.15. The summed E-state index contributed by atoms with van der Waals surface area (Å²) >= 11 is 0. The van der Waals surface area contributed by atoms with Gasteiger partial charge in [0.25, 0.3) is 6.43 Å². The molecule has 0 spiro atoms. The molecule has 1 aromatic heterocycles. The zero-order valence-corrected chi connectivity index (χ0v) is 10.1. The minimum atomic E-state index is -2.45. The van der Waals surface area contributed by atoms with Crippen LogP contribution in [0.25, 0.3) is 11.4 Å². The van der Waals surface area contributed by atoms with Crippen molar-refractivity contribution >= 4 is 0 Å². The van der Waals surface area contributed by atoms with E-state index >= 15 is 0 Å². The molecule has 96 valence electrons. The van der Waals surface area contributed by atoms with Crippen molar-refractivity contribution in [1.29, 1.82) is 0 Å². The number of hydrogen-bond donors (Lipinski definition) is 0. The molecular weight excluding hydrogens is 240 g/mol. The molecule has 1 heterocycles. The van der Waals surface area contributed by atoms with Crippen LogP contribution in [0.5, 0.6) is 5.75 Å². The maximum atomic E-state index is 12.2. The van der Waals surface area contributed by atoms with E-state index in [1.165, 1.54) is 6.33 Å². The average Bonchev–Trinajstić information content (AvgIpc) is 2.76. The third-order valence-corrected chi connectivity index (χ3v) is 2.52. The summed E-state index contributed by atoms with van der Waals surface area (Å²) in [5, 5.41) is 4.02. The molecule has 0 saturated heterocycles. The summed E-state index contributed by atoms with van der Waals surface area (Å²) in [4.78, 5) is 4.03. The normalized spacial score (nSPS) is 10.9. The maximum Gasteiger partial charge on any atom is 0.257 e. The van der Waals surface area contributed by atoms with E-state index in [-0.39, 0.29) is 0 Å². The maximum absolute atomic E-state index is 12.2. The van der Waals surface area contributed by atoms with Crippen LogP contribution in [0, 0.1) is 6.92 Å². The number of benzene rings is 1. The van der Waals surface area contributed by atoms with Crippen LogP contribution in [0.1, 0.15) is 5.56 Å². The molecule has 2 rings (SSSR count). The van der Waals surface area contributed by atoms with Crippen LogP contribution in [-0.4, -0.2) is 28.3 Å². The van der Waals surface area contributed by atoms with Crippen LogP contribution in [-0.2, 0) is 6.54 Å². The molecule has 0 unspecified atom stereocenters. The SMILES string of the molecule is COc1c(C)cccc1-c1ncn(CC(F)F)n1. The molecular formula is C12H13F2N3O. The minimum Gasteiger partial charge on any atom is -0.496 e. The Bertz CT molecular complexity index is 540. The molecule has 0 radical (unpaired) electrons. The number of halogens is 2. The first-order chi connectivity index (χ1) is 8.61. The van der Waals surface area contributed by atoms with Gasteiger partial charge in [0, 0.05) is 0 Å². The summed E-state index contributed by atoms with van der Waals surface area (Å²) < 4.78 is 30.9. The zero-order chi connectivity index (χ0) is 13.1. The predicted molar refractivity (Wildman–Crippen MR) is 62.8 cm³/mol. The lowest BCUT2D eigenvalue weighted by Crippen LogP contribution is -2.06. The van der Waals surface area contributed by atoms with Crippen molar-refractivity contribution in [3.8, 4) is 17.1 Å². The number of hydrogen-bond acceptors (Lipinski definition) is 3. The highest BCUT2D eigenvalue weighted by Crippen LogP contribution is 2.30. The fourth-order valence-corrected chi connectivity index (χ4v) is 1.75. The van der Waals surface area contributed by atoms with Gasteiger partial charge in [0.2, 0.25) is 0 Å². The van der Waals surface area contributed by atoms with Crippen LogP contribution < -0.4 is 4.74 Å². The van der Waals surface area contributed by atoms with Crippen LogP contribution in [0.4, 0.5) is 8.78 Å². The van der Waals surface area contributed by atoms with E-state index in [0.29, 0.717) is 17.1 Å². The van der Waals surface area contributed by atoms with E-state index in [1.54, 1.807) is 13.2 Å². The summed E-state index contributed by atoms with van der Waals surface area (Å²) in [6.45, 7) is 1.44. The van der Waals surface area contributed by atoms with Gasteiger partial charge in [-0.25, -0.2) is 18.4 Å². The first-order valence-corrected chi connectivity index (χ1v) is 5.43. The second-order valence-corrected chi connectivity index (χ2v) is 3.84. The number of aryl methyl sites for hydroxylation is 1. The Labute approximate surface area is 103 Å². The van der Waals surface area contributed by atoms with Gasteiger partial charge in [-0.2, -0.15) is 5.10 Å². The lowest BCUT2D eigenvalue weighted by Gasteiger charge is -2.08. The molecule has 0 atom stereocenters. The second-order valence-electron chi connectivity index (χ2n) is 3.84. The van der Waals surface area contributed by atoms with E-state index in [2.05, 4.69) is 10.1 Å². The Morgan fingerprint density at radius 1 is 1.39 bits per heavy atom. The number of alkyl halides is 2. The van der Waals surface area contributed by atoms with Crippen LogP contribution >= 0.6 is 0 Å². The predicted octanol–water partition coefficient (Wildman–Crippen LogP) is 2.53. The number of nitrogens with zero attached hydrogens (tertiary/aromatic N) is 3. The summed E-state index contributed by atoms with van der Waals surface area (Å²) in [5.41, 5.74) is 1.64. The lowest BCUT2D eigenvalue weighted by atomic mass is 10.1. The Hall–Kier alpha value is -1.98. The molecule has 0 fully saturated rings. The number of para-hydroxylation sites is 1. The average molecular weight is 253 g/mol. The summed E-state index contributed by atoms with van der Waals surface area (Å²) in [5.74, 6) is 1.04. The number of methoxy groups -OCH3 is 1. The van der Waals surface area contributed by atoms with Crippen molar-refractivity contribution in [3.05, 3.63) is 30.1 Å². The first-order valence-electron chi connectivity index (χ1n) is 5.43. The fraction of sp³-hybridized carbons (Fsp3) is 0.333. The van der Waals surface area contributed by atoms with Crippen molar-refractivity contribution in [2.75, 3.05) is 7.11 Å². The van der Waals surface area contributed by atoms with E-state index < -0.39 is 13.0 Å². The van der Waals surface area contributed by atoms with E-state index in [1.807, 2.05) is 19.1 Å². The number of rotatable bonds is 4. The Morgan fingerprint density at radius 2 is 2.17 bits per heavy atom. The first kappa shape index (κ1) is 12.5. The lowest BCUT2D eigenvalue weighted by molar-refractivity contribution is 0.122. The van der Waals surface area contributed by atoms with Gasteiger partial charge in [0.1, 0.15) is 18.6 Å². The molecule has 6 heteroatoms. The van der Waals surface area contributed by atoms with Gasteiger partial charge in [-0.3, -0.25) is 0 Å². The van der Waals surface area contributed by atoms with Crippen molar-refractivity contribution < 1.29 is 13.5 Å². The van der Waals surface area contributed by atoms with E-state index in [9.17, 15) is 8.78 Å². The molecule has 0 aliphatic rings. The zero-order valence-electron chi connectivity index (χ0n) is 10.1. The van der Waals surface area contributed by atoms with E-state index in [4.69, 9.17) is 4.74 Å². The standard InChI is InChI=1S/C12H13F2N3O/c1-8-4-3-5-9(11(8)18-2)12-15-7-17(16-12)6-10(13)14/h3-5,7,10H,6H2,1-2H3. The molecule has 0 saturated carbocycles. The number of aromatic nitrogens is 3. The largest absolute Gasteiger partial charge is 0.496 e. The van der Waals surface area contributed by atoms with Crippen molar-refractivity contribution in [2.45, 2.75) is 19.9 Å². The molecule has 0 N–H and O–H groups in total. The highest BCUT2D eigenvalue weighted by molar-refractivity contribution is 5.65. The van der Waals surface area contributed by atoms with Crippen LogP contribution in [0.3, 0.4) is 0 Å². The minimum absolute atomic E-state index is 0.385.